The fourth-order valence-corrected chi connectivity index (χ4v) is 4.06. The summed E-state index contributed by atoms with van der Waals surface area (Å²) < 4.78 is 39.9. The van der Waals surface area contributed by atoms with Crippen molar-refractivity contribution in [2.75, 3.05) is 10.0 Å². The number of aromatic nitrogens is 2. The van der Waals surface area contributed by atoms with E-state index in [1.165, 1.54) is 18.2 Å². The van der Waals surface area contributed by atoms with Crippen molar-refractivity contribution in [3.8, 4) is 0 Å². The summed E-state index contributed by atoms with van der Waals surface area (Å²) in [5.74, 6) is -1.14. The Morgan fingerprint density at radius 1 is 1.08 bits per heavy atom. The molecule has 1 aromatic heterocycles. The third kappa shape index (κ3) is 3.86. The number of nitrogens with one attached hydrogen (secondary N) is 2. The van der Waals surface area contributed by atoms with Crippen molar-refractivity contribution in [1.29, 1.82) is 0 Å². The average Bonchev–Trinajstić information content (AvgIpc) is 3.06. The van der Waals surface area contributed by atoms with Crippen LogP contribution in [0.2, 0.25) is 0 Å². The van der Waals surface area contributed by atoms with Crippen molar-refractivity contribution in [2.24, 2.45) is 0 Å². The maximum absolute atomic E-state index is 13.6. The van der Waals surface area contributed by atoms with Gasteiger partial charge in [-0.05, 0) is 30.7 Å². The summed E-state index contributed by atoms with van der Waals surface area (Å²) >= 11 is 0.667. The summed E-state index contributed by atoms with van der Waals surface area (Å²) in [5, 5.41) is 9.76. The molecule has 0 saturated carbocycles. The van der Waals surface area contributed by atoms with Crippen LogP contribution in [0, 0.1) is 12.7 Å². The third-order valence-electron chi connectivity index (χ3n) is 3.36. The van der Waals surface area contributed by atoms with Crippen LogP contribution in [0.15, 0.2) is 52.9 Å². The number of benzene rings is 2. The molecule has 3 aromatic rings. The molecule has 26 heavy (non-hydrogen) atoms. The van der Waals surface area contributed by atoms with Gasteiger partial charge in [0.05, 0.1) is 5.69 Å². The van der Waals surface area contributed by atoms with Crippen LogP contribution < -0.4 is 10.0 Å². The van der Waals surface area contributed by atoms with Gasteiger partial charge in [-0.3, -0.25) is 14.8 Å². The van der Waals surface area contributed by atoms with Crippen LogP contribution in [-0.2, 0) is 10.0 Å². The van der Waals surface area contributed by atoms with Crippen molar-refractivity contribution in [1.82, 2.24) is 10.2 Å². The summed E-state index contributed by atoms with van der Waals surface area (Å²) in [6.45, 7) is 1.78. The minimum atomic E-state index is -4.12. The number of sulfonamides is 1. The largest absolute Gasteiger partial charge is 0.296 e. The molecule has 10 heteroatoms. The van der Waals surface area contributed by atoms with Gasteiger partial charge >= 0.3 is 0 Å². The highest BCUT2D eigenvalue weighted by molar-refractivity contribution is 7.94. The molecular formula is C16H13FN4O3S2. The van der Waals surface area contributed by atoms with E-state index in [2.05, 4.69) is 20.2 Å². The number of para-hydroxylation sites is 1. The van der Waals surface area contributed by atoms with Gasteiger partial charge in [0.2, 0.25) is 5.13 Å². The molecule has 0 bridgehead atoms. The topological polar surface area (TPSA) is 101 Å². The second-order valence-corrected chi connectivity index (χ2v) is 8.06. The zero-order chi connectivity index (χ0) is 18.7. The minimum Gasteiger partial charge on any atom is -0.296 e. The van der Waals surface area contributed by atoms with Crippen molar-refractivity contribution in [3.63, 3.8) is 0 Å². The van der Waals surface area contributed by atoms with Gasteiger partial charge in [0.1, 0.15) is 5.82 Å². The molecule has 1 amide bonds. The molecule has 0 fully saturated rings. The SMILES string of the molecule is Cc1ccccc1C(=O)Nc1nnc(S(=O)(=O)Nc2ccccc2F)s1. The Labute approximate surface area is 153 Å². The Bertz CT molecular complexity index is 1070. The van der Waals surface area contributed by atoms with E-state index in [1.54, 1.807) is 31.2 Å². The second-order valence-electron chi connectivity index (χ2n) is 5.23. The molecule has 134 valence electrons. The number of carbonyl (C=O) groups is 1. The van der Waals surface area contributed by atoms with E-state index in [4.69, 9.17) is 0 Å². The van der Waals surface area contributed by atoms with E-state index in [-0.39, 0.29) is 15.2 Å². The molecule has 2 N–H and O–H groups in total. The van der Waals surface area contributed by atoms with Gasteiger partial charge in [-0.2, -0.15) is 8.42 Å². The minimum absolute atomic E-state index is 0.0205. The van der Waals surface area contributed by atoms with Gasteiger partial charge < -0.3 is 0 Å². The van der Waals surface area contributed by atoms with E-state index in [1.807, 2.05) is 0 Å². The first-order chi connectivity index (χ1) is 12.4. The van der Waals surface area contributed by atoms with Crippen LogP contribution in [0.1, 0.15) is 15.9 Å². The molecular weight excluding hydrogens is 379 g/mol. The quantitative estimate of drug-likeness (QED) is 0.650. The van der Waals surface area contributed by atoms with Gasteiger partial charge in [0.15, 0.2) is 0 Å². The Kier molecular flexibility index (Phi) is 4.96. The highest BCUT2D eigenvalue weighted by atomic mass is 32.2. The average molecular weight is 392 g/mol. The maximum atomic E-state index is 13.6. The normalized spacial score (nSPS) is 11.2. The van der Waals surface area contributed by atoms with Crippen molar-refractivity contribution in [3.05, 3.63) is 65.5 Å². The van der Waals surface area contributed by atoms with Crippen LogP contribution in [0.25, 0.3) is 0 Å². The van der Waals surface area contributed by atoms with Crippen LogP contribution in [0.3, 0.4) is 0 Å². The first-order valence-corrected chi connectivity index (χ1v) is 9.64. The summed E-state index contributed by atoms with van der Waals surface area (Å²) in [5.41, 5.74) is 1.01. The van der Waals surface area contributed by atoms with Gasteiger partial charge in [-0.25, -0.2) is 4.39 Å². The smallest absolute Gasteiger partial charge is 0.291 e. The highest BCUT2D eigenvalue weighted by Crippen LogP contribution is 2.24. The lowest BCUT2D eigenvalue weighted by molar-refractivity contribution is 0.102. The molecule has 0 aliphatic rings. The second kappa shape index (κ2) is 7.18. The van der Waals surface area contributed by atoms with E-state index in [0.717, 1.165) is 11.6 Å². The number of hydrogen-bond acceptors (Lipinski definition) is 6. The molecule has 1 heterocycles. The van der Waals surface area contributed by atoms with E-state index < -0.39 is 21.7 Å². The molecule has 0 spiro atoms. The fourth-order valence-electron chi connectivity index (χ4n) is 2.09. The lowest BCUT2D eigenvalue weighted by Crippen LogP contribution is -2.13. The van der Waals surface area contributed by atoms with Gasteiger partial charge in [-0.1, -0.05) is 41.7 Å². The Morgan fingerprint density at radius 2 is 1.77 bits per heavy atom. The van der Waals surface area contributed by atoms with Crippen LogP contribution in [-0.4, -0.2) is 24.5 Å². The number of carbonyl (C=O) groups excluding carboxylic acids is 1. The number of halogens is 1. The van der Waals surface area contributed by atoms with Crippen LogP contribution in [0.5, 0.6) is 0 Å². The molecule has 0 atom stereocenters. The van der Waals surface area contributed by atoms with E-state index in [0.29, 0.717) is 16.9 Å². The van der Waals surface area contributed by atoms with Gasteiger partial charge in [0, 0.05) is 5.56 Å². The monoisotopic (exact) mass is 392 g/mol. The molecule has 0 radical (unpaired) electrons. The van der Waals surface area contributed by atoms with Crippen molar-refractivity contribution in [2.45, 2.75) is 11.3 Å². The van der Waals surface area contributed by atoms with Gasteiger partial charge in [-0.15, -0.1) is 10.2 Å². The highest BCUT2D eigenvalue weighted by Gasteiger charge is 2.22. The van der Waals surface area contributed by atoms with Crippen LogP contribution in [0.4, 0.5) is 15.2 Å². The number of amides is 1. The summed E-state index contributed by atoms with van der Waals surface area (Å²) in [7, 11) is -4.12. The Hall–Kier alpha value is -2.85. The first-order valence-electron chi connectivity index (χ1n) is 7.34. The third-order valence-corrected chi connectivity index (χ3v) is 5.94. The lowest BCUT2D eigenvalue weighted by Gasteiger charge is -2.05. The fraction of sp³-hybridized carbons (Fsp3) is 0.0625. The Balaban J connectivity index is 1.78. The summed E-state index contributed by atoms with van der Waals surface area (Å²) in [6.07, 6.45) is 0. The van der Waals surface area contributed by atoms with E-state index >= 15 is 0 Å². The number of hydrogen-bond donors (Lipinski definition) is 2. The zero-order valence-electron chi connectivity index (χ0n) is 13.4. The molecule has 0 unspecified atom stereocenters. The predicted octanol–water partition coefficient (Wildman–Crippen LogP) is 3.04. The van der Waals surface area contributed by atoms with Crippen molar-refractivity contribution >= 4 is 38.1 Å². The molecule has 7 nitrogen and oxygen atoms in total. The van der Waals surface area contributed by atoms with E-state index in [9.17, 15) is 17.6 Å². The molecule has 3 rings (SSSR count). The van der Waals surface area contributed by atoms with Crippen LogP contribution >= 0.6 is 11.3 Å². The number of anilines is 2. The van der Waals surface area contributed by atoms with Crippen molar-refractivity contribution < 1.29 is 17.6 Å². The van der Waals surface area contributed by atoms with Gasteiger partial charge in [0.25, 0.3) is 20.3 Å². The lowest BCUT2D eigenvalue weighted by atomic mass is 10.1. The molecule has 0 aliphatic carbocycles. The Morgan fingerprint density at radius 3 is 2.50 bits per heavy atom. The molecule has 0 aliphatic heterocycles. The predicted molar refractivity (Wildman–Crippen MR) is 96.2 cm³/mol. The molecule has 2 aromatic carbocycles. The molecule has 0 saturated heterocycles. The maximum Gasteiger partial charge on any atom is 0.291 e. The first kappa shape index (κ1) is 18.0. The number of rotatable bonds is 5. The number of aryl methyl sites for hydroxylation is 1. The summed E-state index contributed by atoms with van der Waals surface area (Å²) in [4.78, 5) is 12.2. The zero-order valence-corrected chi connectivity index (χ0v) is 15.1. The number of nitrogens with zero attached hydrogens (tertiary/aromatic N) is 2. The standard InChI is InChI=1S/C16H13FN4O3S2/c1-10-6-2-3-7-11(10)14(22)18-15-19-20-16(25-15)26(23,24)21-13-9-5-4-8-12(13)17/h2-9,21H,1H3,(H,18,19,22). The summed E-state index contributed by atoms with van der Waals surface area (Å²) in [6, 6.07) is 12.3.